The second-order valence-corrected chi connectivity index (χ2v) is 5.15. The van der Waals surface area contributed by atoms with E-state index in [1.165, 1.54) is 8.20 Å². The summed E-state index contributed by atoms with van der Waals surface area (Å²) in [5.41, 5.74) is 1.45. The van der Waals surface area contributed by atoms with Crippen molar-refractivity contribution in [2.24, 2.45) is 0 Å². The van der Waals surface area contributed by atoms with Crippen LogP contribution in [0.4, 0.5) is 0 Å². The van der Waals surface area contributed by atoms with Gasteiger partial charge in [-0.15, -0.1) is 0 Å². The molecule has 1 aromatic rings. The number of benzene rings is 1. The van der Waals surface area contributed by atoms with E-state index in [1.54, 1.807) is 0 Å². The van der Waals surface area contributed by atoms with E-state index in [1.807, 2.05) is 0 Å². The van der Waals surface area contributed by atoms with Gasteiger partial charge in [-0.3, -0.25) is 0 Å². The third-order valence-corrected chi connectivity index (χ3v) is 3.31. The van der Waals surface area contributed by atoms with Gasteiger partial charge in [0, 0.05) is 0 Å². The summed E-state index contributed by atoms with van der Waals surface area (Å²) in [6.07, 6.45) is 0. The van der Waals surface area contributed by atoms with Crippen LogP contribution in [0.2, 0.25) is 0 Å². The predicted octanol–water partition coefficient (Wildman–Crippen LogP) is 1.75. The Labute approximate surface area is 86.8 Å². The van der Waals surface area contributed by atoms with Crippen LogP contribution < -0.4 is 0 Å². The maximum atomic E-state index is 2.27. The molecule has 0 saturated carbocycles. The van der Waals surface area contributed by atoms with Crippen molar-refractivity contribution in [1.82, 2.24) is 1.50 Å². The second kappa shape index (κ2) is 5.13. The zero-order chi connectivity index (χ0) is 8.10. The monoisotopic (exact) mass is 304 g/mol. The van der Waals surface area contributed by atoms with Gasteiger partial charge in [0.15, 0.2) is 0 Å². The van der Waals surface area contributed by atoms with E-state index < -0.39 is 0 Å². The molecule has 0 aliphatic rings. The quantitative estimate of drug-likeness (QED) is 0.822. The predicted molar refractivity (Wildman–Crippen MR) is 43.8 cm³/mol. The molecule has 1 aromatic carbocycles. The van der Waals surface area contributed by atoms with Gasteiger partial charge in [0.05, 0.1) is 0 Å². The minimum atomic E-state index is 0.555. The molecular formula is C9H13NTm. The summed E-state index contributed by atoms with van der Waals surface area (Å²) in [6, 6.07) is 10.6. The molecule has 0 fully saturated rings. The Balaban J connectivity index is 2.39. The van der Waals surface area contributed by atoms with Crippen LogP contribution in [0.15, 0.2) is 30.3 Å². The molecule has 0 bridgehead atoms. The van der Waals surface area contributed by atoms with E-state index in [2.05, 4.69) is 45.9 Å². The molecule has 0 aliphatic carbocycles. The molecule has 0 N–H and O–H groups in total. The van der Waals surface area contributed by atoms with E-state index >= 15 is 0 Å². The van der Waals surface area contributed by atoms with Crippen molar-refractivity contribution in [3.8, 4) is 0 Å². The Bertz CT molecular complexity index is 196. The molecule has 1 nitrogen and oxygen atoms in total. The van der Waals surface area contributed by atoms with Crippen molar-refractivity contribution >= 4 is 0 Å². The Morgan fingerprint density at radius 2 is 1.82 bits per heavy atom. The van der Waals surface area contributed by atoms with Gasteiger partial charge < -0.3 is 0 Å². The van der Waals surface area contributed by atoms with Gasteiger partial charge in [0.2, 0.25) is 0 Å². The molecule has 0 spiro atoms. The first-order chi connectivity index (χ1) is 5.29. The fourth-order valence-electron chi connectivity index (χ4n) is 0.682. The molecule has 67 valence electrons. The molecule has 1 rings (SSSR count). The van der Waals surface area contributed by atoms with E-state index in [0.717, 1.165) is 0 Å². The topological polar surface area (TPSA) is 3.24 Å². The summed E-state index contributed by atoms with van der Waals surface area (Å²) in [5.74, 6) is 0. The first-order valence-corrected chi connectivity index (χ1v) is 5.53. The average Bonchev–Trinajstić information content (AvgIpc) is 2.03. The Morgan fingerprint density at radius 1 is 1.18 bits per heavy atom. The summed E-state index contributed by atoms with van der Waals surface area (Å²) in [7, 11) is 4.26. The average molecular weight is 304 g/mol. The van der Waals surface area contributed by atoms with Gasteiger partial charge >= 0.3 is 87.5 Å². The van der Waals surface area contributed by atoms with E-state index in [4.69, 9.17) is 0 Å². The van der Waals surface area contributed by atoms with Crippen LogP contribution in [0.25, 0.3) is 0 Å². The SMILES string of the molecule is C[N](C)[Tm][CH2]c1ccccc1. The van der Waals surface area contributed by atoms with E-state index in [0.29, 0.717) is 33.4 Å². The van der Waals surface area contributed by atoms with Gasteiger partial charge in [-0.1, -0.05) is 0 Å². The fourth-order valence-corrected chi connectivity index (χ4v) is 1.99. The zero-order valence-corrected chi connectivity index (χ0v) is 8.60. The van der Waals surface area contributed by atoms with Gasteiger partial charge in [0.1, 0.15) is 0 Å². The summed E-state index contributed by atoms with van der Waals surface area (Å²) < 4.78 is 3.49. The molecule has 0 aliphatic heterocycles. The summed E-state index contributed by atoms with van der Waals surface area (Å²) in [5, 5.41) is 0. The zero-order valence-electron chi connectivity index (χ0n) is 6.82. The van der Waals surface area contributed by atoms with Crippen molar-refractivity contribution in [3.63, 3.8) is 0 Å². The summed E-state index contributed by atoms with van der Waals surface area (Å²) >= 11 is 0.555. The van der Waals surface area contributed by atoms with Crippen LogP contribution in [-0.2, 0) is 2.64 Å². The van der Waals surface area contributed by atoms with Gasteiger partial charge in [-0.2, -0.15) is 0 Å². The van der Waals surface area contributed by atoms with Crippen LogP contribution in [-0.4, -0.2) is 15.6 Å². The first kappa shape index (κ1) is 9.50. The third kappa shape index (κ3) is 4.10. The van der Waals surface area contributed by atoms with Crippen molar-refractivity contribution < 1.29 is 33.4 Å². The minimum absolute atomic E-state index is 0.555. The van der Waals surface area contributed by atoms with Gasteiger partial charge in [0.25, 0.3) is 0 Å². The Hall–Kier alpha value is 0.414. The van der Waals surface area contributed by atoms with Crippen LogP contribution in [0.1, 0.15) is 5.56 Å². The number of rotatable bonds is 3. The van der Waals surface area contributed by atoms with Crippen molar-refractivity contribution in [2.75, 3.05) is 14.1 Å². The molecule has 0 heterocycles. The Morgan fingerprint density at radius 3 is 2.36 bits per heavy atom. The van der Waals surface area contributed by atoms with Crippen LogP contribution in [0.3, 0.4) is 0 Å². The summed E-state index contributed by atoms with van der Waals surface area (Å²) in [4.78, 5) is 0. The second-order valence-electron chi connectivity index (χ2n) is 2.37. The third-order valence-electron chi connectivity index (χ3n) is 1.18. The van der Waals surface area contributed by atoms with Crippen LogP contribution in [0, 0.1) is 33.4 Å². The molecule has 0 saturated heterocycles. The molecule has 0 unspecified atom stereocenters. The van der Waals surface area contributed by atoms with E-state index in [-0.39, 0.29) is 0 Å². The molecule has 0 radical (unpaired) electrons. The number of hydrogen-bond donors (Lipinski definition) is 0. The molecule has 11 heavy (non-hydrogen) atoms. The molecule has 2 heteroatoms. The van der Waals surface area contributed by atoms with Gasteiger partial charge in [-0.05, 0) is 0 Å². The van der Waals surface area contributed by atoms with Crippen LogP contribution >= 0.6 is 0 Å². The summed E-state index contributed by atoms with van der Waals surface area (Å²) in [6.45, 7) is 0. The first-order valence-electron chi connectivity index (χ1n) is 3.48. The number of nitrogens with zero attached hydrogens (tertiary/aromatic N) is 1. The van der Waals surface area contributed by atoms with Crippen molar-refractivity contribution in [2.45, 2.75) is 2.64 Å². The fraction of sp³-hybridized carbons (Fsp3) is 0.333. The standard InChI is InChI=1S/C7H7.C2H6N.Tm/c1-7-5-3-2-4-6-7;1-3-2;/h2-6H,1H2;1-2H3;/q;-1;+1. The van der Waals surface area contributed by atoms with Crippen molar-refractivity contribution in [1.29, 1.82) is 0 Å². The normalized spacial score (nSPS) is 10.8. The molecular weight excluding hydrogens is 291 g/mol. The molecule has 0 atom stereocenters. The maximum absolute atomic E-state index is 2.27. The Kier molecular flexibility index (Phi) is 4.43. The molecule has 0 aromatic heterocycles. The van der Waals surface area contributed by atoms with Crippen LogP contribution in [0.5, 0.6) is 0 Å². The van der Waals surface area contributed by atoms with Crippen molar-refractivity contribution in [3.05, 3.63) is 35.9 Å². The van der Waals surface area contributed by atoms with Gasteiger partial charge in [-0.25, -0.2) is 0 Å². The molecule has 0 amide bonds. The van der Waals surface area contributed by atoms with E-state index in [9.17, 15) is 0 Å². The number of hydrogen-bond acceptors (Lipinski definition) is 1.